The van der Waals surface area contributed by atoms with Crippen molar-refractivity contribution in [3.63, 3.8) is 0 Å². The first-order valence-corrected chi connectivity index (χ1v) is 9.93. The van der Waals surface area contributed by atoms with Crippen molar-refractivity contribution >= 4 is 11.9 Å². The number of aromatic nitrogens is 4. The molecule has 4 rings (SSSR count). The van der Waals surface area contributed by atoms with Gasteiger partial charge in [-0.2, -0.15) is 5.10 Å². The van der Waals surface area contributed by atoms with E-state index in [1.165, 1.54) is 19.3 Å². The number of piperidine rings is 1. The van der Waals surface area contributed by atoms with Crippen molar-refractivity contribution < 1.29 is 9.53 Å². The second kappa shape index (κ2) is 7.69. The Morgan fingerprint density at radius 3 is 2.75 bits per heavy atom. The van der Waals surface area contributed by atoms with Crippen molar-refractivity contribution in [3.05, 3.63) is 33.9 Å². The van der Waals surface area contributed by atoms with Crippen molar-refractivity contribution in [2.24, 2.45) is 0 Å². The number of aryl methyl sites for hydroxylation is 2. The molecule has 0 aromatic carbocycles. The Balaban J connectivity index is 1.65. The summed E-state index contributed by atoms with van der Waals surface area (Å²) in [5, 5.41) is 4.45. The summed E-state index contributed by atoms with van der Waals surface area (Å²) < 4.78 is 6.30. The minimum Gasteiger partial charge on any atom is -0.462 e. The van der Waals surface area contributed by atoms with Crippen LogP contribution in [0.3, 0.4) is 0 Å². The van der Waals surface area contributed by atoms with Gasteiger partial charge in [0.15, 0.2) is 0 Å². The van der Waals surface area contributed by atoms with Crippen LogP contribution in [0.1, 0.15) is 44.4 Å². The Hall–Kier alpha value is -2.77. The van der Waals surface area contributed by atoms with Crippen molar-refractivity contribution in [1.29, 1.82) is 0 Å². The number of ether oxygens (including phenoxy) is 1. The van der Waals surface area contributed by atoms with Crippen LogP contribution in [-0.4, -0.2) is 44.9 Å². The molecule has 1 saturated heterocycles. The number of nitrogens with zero attached hydrogens (tertiary/aromatic N) is 5. The predicted molar refractivity (Wildman–Crippen MR) is 104 cm³/mol. The van der Waals surface area contributed by atoms with Crippen molar-refractivity contribution in [1.82, 2.24) is 19.7 Å². The van der Waals surface area contributed by atoms with E-state index >= 15 is 0 Å². The van der Waals surface area contributed by atoms with Gasteiger partial charge in [0, 0.05) is 30.9 Å². The van der Waals surface area contributed by atoms with Crippen LogP contribution >= 0.6 is 0 Å². The van der Waals surface area contributed by atoms with Crippen LogP contribution in [-0.2, 0) is 28.9 Å². The van der Waals surface area contributed by atoms with Gasteiger partial charge in [0.2, 0.25) is 5.95 Å². The Morgan fingerprint density at radius 2 is 2.00 bits per heavy atom. The molecule has 148 valence electrons. The summed E-state index contributed by atoms with van der Waals surface area (Å²) in [6.07, 6.45) is 6.63. The molecule has 0 bridgehead atoms. The molecular formula is C20H25N5O3. The lowest BCUT2D eigenvalue weighted by molar-refractivity contribution is -0.148. The molecule has 2 aromatic heterocycles. The van der Waals surface area contributed by atoms with Gasteiger partial charge in [-0.25, -0.2) is 14.6 Å². The lowest BCUT2D eigenvalue weighted by Crippen LogP contribution is -2.32. The van der Waals surface area contributed by atoms with Crippen LogP contribution in [0.2, 0.25) is 0 Å². The first-order chi connectivity index (χ1) is 13.5. The van der Waals surface area contributed by atoms with Crippen LogP contribution < -0.4 is 10.5 Å². The molecule has 1 aliphatic carbocycles. The van der Waals surface area contributed by atoms with Crippen LogP contribution in [0, 0.1) is 0 Å². The molecule has 1 fully saturated rings. The third kappa shape index (κ3) is 3.76. The second-order valence-electron chi connectivity index (χ2n) is 7.63. The normalized spacial score (nSPS) is 15.9. The van der Waals surface area contributed by atoms with Gasteiger partial charge in [0.05, 0.1) is 17.5 Å². The van der Waals surface area contributed by atoms with Crippen LogP contribution in [0.25, 0.3) is 11.3 Å². The van der Waals surface area contributed by atoms with Gasteiger partial charge in [-0.15, -0.1) is 0 Å². The number of hydrogen-bond acceptors (Lipinski definition) is 7. The van der Waals surface area contributed by atoms with E-state index in [2.05, 4.69) is 15.0 Å². The summed E-state index contributed by atoms with van der Waals surface area (Å²) in [5.74, 6) is 0.299. The van der Waals surface area contributed by atoms with Gasteiger partial charge >= 0.3 is 5.97 Å². The molecule has 0 spiro atoms. The van der Waals surface area contributed by atoms with E-state index in [1.807, 2.05) is 0 Å². The van der Waals surface area contributed by atoms with Crippen LogP contribution in [0.4, 0.5) is 5.95 Å². The van der Waals surface area contributed by atoms with E-state index in [9.17, 15) is 9.59 Å². The molecule has 8 heteroatoms. The highest BCUT2D eigenvalue weighted by atomic mass is 16.5. The molecule has 0 amide bonds. The number of rotatable bonds is 4. The van der Waals surface area contributed by atoms with Crippen LogP contribution in [0.15, 0.2) is 17.1 Å². The summed E-state index contributed by atoms with van der Waals surface area (Å²) in [4.78, 5) is 35.9. The third-order valence-electron chi connectivity index (χ3n) is 5.10. The largest absolute Gasteiger partial charge is 0.462 e. The van der Waals surface area contributed by atoms with Gasteiger partial charge in [-0.05, 0) is 51.5 Å². The van der Waals surface area contributed by atoms with Gasteiger partial charge in [-0.1, -0.05) is 0 Å². The maximum Gasteiger partial charge on any atom is 0.328 e. The molecule has 2 aliphatic rings. The maximum atomic E-state index is 12.3. The standard InChI is InChI=1S/C20H25N5O3/c1-13(2)28-18(27)12-25-17(26)10-14-6-7-16-15(19(14)23-25)11-21-20(22-16)24-8-4-3-5-9-24/h10-11,13H,3-9,12H2,1-2H3. The highest BCUT2D eigenvalue weighted by Gasteiger charge is 2.24. The lowest BCUT2D eigenvalue weighted by atomic mass is 9.94. The summed E-state index contributed by atoms with van der Waals surface area (Å²) in [6, 6.07) is 1.56. The molecule has 8 nitrogen and oxygen atoms in total. The quantitative estimate of drug-likeness (QED) is 0.743. The van der Waals surface area contributed by atoms with E-state index in [4.69, 9.17) is 9.72 Å². The summed E-state index contributed by atoms with van der Waals surface area (Å²) >= 11 is 0. The molecule has 3 heterocycles. The molecule has 0 unspecified atom stereocenters. The molecule has 28 heavy (non-hydrogen) atoms. The monoisotopic (exact) mass is 383 g/mol. The number of carbonyl (C=O) groups is 1. The molecule has 0 saturated carbocycles. The van der Waals surface area contributed by atoms with Gasteiger partial charge in [-0.3, -0.25) is 9.59 Å². The fraction of sp³-hybridized carbons (Fsp3) is 0.550. The molecular weight excluding hydrogens is 358 g/mol. The third-order valence-corrected chi connectivity index (χ3v) is 5.10. The Labute approximate surface area is 163 Å². The Morgan fingerprint density at radius 1 is 1.21 bits per heavy atom. The summed E-state index contributed by atoms with van der Waals surface area (Å²) in [6.45, 7) is 5.32. The number of anilines is 1. The van der Waals surface area contributed by atoms with E-state index < -0.39 is 5.97 Å². The predicted octanol–water partition coefficient (Wildman–Crippen LogP) is 1.74. The fourth-order valence-electron chi connectivity index (χ4n) is 3.77. The van der Waals surface area contributed by atoms with Crippen molar-refractivity contribution in [3.8, 4) is 11.3 Å². The Bertz CT molecular complexity index is 947. The first-order valence-electron chi connectivity index (χ1n) is 9.93. The molecule has 0 N–H and O–H groups in total. The fourth-order valence-corrected chi connectivity index (χ4v) is 3.77. The highest BCUT2D eigenvalue weighted by molar-refractivity contribution is 5.70. The van der Waals surface area contributed by atoms with E-state index in [0.29, 0.717) is 12.1 Å². The van der Waals surface area contributed by atoms with E-state index in [-0.39, 0.29) is 18.2 Å². The minimum absolute atomic E-state index is 0.202. The van der Waals surface area contributed by atoms with E-state index in [0.717, 1.165) is 47.0 Å². The molecule has 0 atom stereocenters. The van der Waals surface area contributed by atoms with Crippen molar-refractivity contribution in [2.45, 2.75) is 58.6 Å². The zero-order chi connectivity index (χ0) is 19.7. The topological polar surface area (TPSA) is 90.2 Å². The smallest absolute Gasteiger partial charge is 0.328 e. The van der Waals surface area contributed by atoms with E-state index in [1.54, 1.807) is 26.1 Å². The number of fused-ring (bicyclic) bond motifs is 3. The molecule has 2 aromatic rings. The summed E-state index contributed by atoms with van der Waals surface area (Å²) in [7, 11) is 0. The van der Waals surface area contributed by atoms with Crippen LogP contribution in [0.5, 0.6) is 0 Å². The number of hydrogen-bond donors (Lipinski definition) is 0. The highest BCUT2D eigenvalue weighted by Crippen LogP contribution is 2.30. The molecule has 0 radical (unpaired) electrons. The lowest BCUT2D eigenvalue weighted by Gasteiger charge is -2.28. The SMILES string of the molecule is CC(C)OC(=O)Cn1nc2c(cc1=O)CCc1nc(N3CCCCC3)ncc1-2. The number of carbonyl (C=O) groups excluding carboxylic acids is 1. The average Bonchev–Trinajstić information content (AvgIpc) is 2.68. The zero-order valence-electron chi connectivity index (χ0n) is 16.3. The minimum atomic E-state index is -0.475. The Kier molecular flexibility index (Phi) is 5.11. The number of esters is 1. The van der Waals surface area contributed by atoms with Gasteiger partial charge < -0.3 is 9.64 Å². The zero-order valence-corrected chi connectivity index (χ0v) is 16.3. The first kappa shape index (κ1) is 18.6. The maximum absolute atomic E-state index is 12.3. The second-order valence-corrected chi connectivity index (χ2v) is 7.63. The molecule has 1 aliphatic heterocycles. The van der Waals surface area contributed by atoms with Gasteiger partial charge in [0.1, 0.15) is 6.54 Å². The van der Waals surface area contributed by atoms with Gasteiger partial charge in [0.25, 0.3) is 5.56 Å². The summed E-state index contributed by atoms with van der Waals surface area (Å²) in [5.41, 5.74) is 3.05. The van der Waals surface area contributed by atoms with Crippen molar-refractivity contribution in [2.75, 3.05) is 18.0 Å². The average molecular weight is 383 g/mol.